The predicted molar refractivity (Wildman–Crippen MR) is 75.9 cm³/mol. The molecule has 20 heavy (non-hydrogen) atoms. The monoisotopic (exact) mass is 276 g/mol. The summed E-state index contributed by atoms with van der Waals surface area (Å²) >= 11 is 0. The van der Waals surface area contributed by atoms with Gasteiger partial charge in [-0.2, -0.15) is 15.4 Å². The standard InChI is InChI=1S/C14H20N4O2/c1-10(14(19-2)20-3)15-9-12-13(17-18-16-12)11-7-5-4-6-8-11/h4-8,10,14-15H,9H2,1-3H3,(H,16,17,18). The van der Waals surface area contributed by atoms with Crippen LogP contribution in [0.25, 0.3) is 11.3 Å². The molecule has 2 N–H and O–H groups in total. The molecule has 0 aliphatic carbocycles. The van der Waals surface area contributed by atoms with E-state index in [4.69, 9.17) is 9.47 Å². The Hall–Kier alpha value is -1.76. The summed E-state index contributed by atoms with van der Waals surface area (Å²) in [7, 11) is 3.25. The summed E-state index contributed by atoms with van der Waals surface area (Å²) in [5.41, 5.74) is 2.77. The van der Waals surface area contributed by atoms with Crippen LogP contribution in [0.3, 0.4) is 0 Å². The Balaban J connectivity index is 2.03. The van der Waals surface area contributed by atoms with Crippen LogP contribution in [0, 0.1) is 0 Å². The first kappa shape index (κ1) is 14.6. The fraction of sp³-hybridized carbons (Fsp3) is 0.429. The van der Waals surface area contributed by atoms with Crippen LogP contribution in [-0.4, -0.2) is 42.0 Å². The number of benzene rings is 1. The van der Waals surface area contributed by atoms with E-state index in [-0.39, 0.29) is 12.3 Å². The van der Waals surface area contributed by atoms with Gasteiger partial charge < -0.3 is 14.8 Å². The zero-order valence-corrected chi connectivity index (χ0v) is 12.0. The van der Waals surface area contributed by atoms with E-state index < -0.39 is 0 Å². The molecule has 0 saturated carbocycles. The van der Waals surface area contributed by atoms with E-state index in [2.05, 4.69) is 20.7 Å². The van der Waals surface area contributed by atoms with Crippen molar-refractivity contribution in [3.63, 3.8) is 0 Å². The molecule has 0 bridgehead atoms. The van der Waals surface area contributed by atoms with Gasteiger partial charge in [0.05, 0.1) is 6.04 Å². The first-order chi connectivity index (χ1) is 9.76. The molecule has 0 spiro atoms. The third-order valence-electron chi connectivity index (χ3n) is 3.13. The Bertz CT molecular complexity index is 511. The summed E-state index contributed by atoms with van der Waals surface area (Å²) in [6.07, 6.45) is -0.290. The van der Waals surface area contributed by atoms with E-state index in [1.54, 1.807) is 14.2 Å². The van der Waals surface area contributed by atoms with Crippen molar-refractivity contribution in [1.82, 2.24) is 20.7 Å². The van der Waals surface area contributed by atoms with E-state index in [0.29, 0.717) is 6.54 Å². The second-order valence-corrected chi connectivity index (χ2v) is 4.49. The highest BCUT2D eigenvalue weighted by molar-refractivity contribution is 5.60. The van der Waals surface area contributed by atoms with Gasteiger partial charge in [0, 0.05) is 26.3 Å². The Morgan fingerprint density at radius 3 is 2.50 bits per heavy atom. The number of aromatic nitrogens is 3. The molecular weight excluding hydrogens is 256 g/mol. The third-order valence-corrected chi connectivity index (χ3v) is 3.13. The lowest BCUT2D eigenvalue weighted by Crippen LogP contribution is -2.39. The van der Waals surface area contributed by atoms with Crippen LogP contribution in [0.15, 0.2) is 30.3 Å². The van der Waals surface area contributed by atoms with Gasteiger partial charge in [-0.1, -0.05) is 30.3 Å². The molecule has 0 aliphatic heterocycles. The summed E-state index contributed by atoms with van der Waals surface area (Å²) < 4.78 is 10.4. The minimum absolute atomic E-state index is 0.0466. The normalized spacial score (nSPS) is 12.8. The highest BCUT2D eigenvalue weighted by atomic mass is 16.7. The number of H-pyrrole nitrogens is 1. The van der Waals surface area contributed by atoms with Gasteiger partial charge in [-0.3, -0.25) is 0 Å². The van der Waals surface area contributed by atoms with Crippen LogP contribution in [-0.2, 0) is 16.0 Å². The van der Waals surface area contributed by atoms with E-state index in [1.807, 2.05) is 37.3 Å². The molecule has 2 rings (SSSR count). The fourth-order valence-corrected chi connectivity index (χ4v) is 2.06. The van der Waals surface area contributed by atoms with E-state index in [9.17, 15) is 0 Å². The lowest BCUT2D eigenvalue weighted by Gasteiger charge is -2.21. The smallest absolute Gasteiger partial charge is 0.171 e. The highest BCUT2D eigenvalue weighted by Crippen LogP contribution is 2.18. The maximum atomic E-state index is 5.22. The number of nitrogens with one attached hydrogen (secondary N) is 2. The molecule has 2 aromatic rings. The average Bonchev–Trinajstić information content (AvgIpc) is 2.95. The van der Waals surface area contributed by atoms with Crippen LogP contribution >= 0.6 is 0 Å². The molecule has 0 aliphatic rings. The van der Waals surface area contributed by atoms with Crippen molar-refractivity contribution < 1.29 is 9.47 Å². The van der Waals surface area contributed by atoms with Crippen LogP contribution in [0.4, 0.5) is 0 Å². The van der Waals surface area contributed by atoms with Crippen LogP contribution in [0.5, 0.6) is 0 Å². The number of methoxy groups -OCH3 is 2. The van der Waals surface area contributed by atoms with E-state index in [0.717, 1.165) is 17.0 Å². The molecular formula is C14H20N4O2. The van der Waals surface area contributed by atoms with Crippen molar-refractivity contribution >= 4 is 0 Å². The number of rotatable bonds is 7. The minimum Gasteiger partial charge on any atom is -0.354 e. The molecule has 0 fully saturated rings. The van der Waals surface area contributed by atoms with Crippen molar-refractivity contribution in [2.45, 2.75) is 25.8 Å². The molecule has 108 valence electrons. The van der Waals surface area contributed by atoms with E-state index >= 15 is 0 Å². The minimum atomic E-state index is -0.290. The molecule has 1 aromatic heterocycles. The molecule has 0 radical (unpaired) electrons. The third kappa shape index (κ3) is 3.41. The van der Waals surface area contributed by atoms with Crippen LogP contribution < -0.4 is 5.32 Å². The largest absolute Gasteiger partial charge is 0.354 e. The van der Waals surface area contributed by atoms with Crippen molar-refractivity contribution in [3.8, 4) is 11.3 Å². The van der Waals surface area contributed by atoms with Crippen LogP contribution in [0.1, 0.15) is 12.6 Å². The summed E-state index contributed by atoms with van der Waals surface area (Å²) in [4.78, 5) is 0. The van der Waals surface area contributed by atoms with Gasteiger partial charge in [-0.15, -0.1) is 0 Å². The molecule has 0 saturated heterocycles. The first-order valence-corrected chi connectivity index (χ1v) is 6.50. The summed E-state index contributed by atoms with van der Waals surface area (Å²) in [6.45, 7) is 2.59. The summed E-state index contributed by atoms with van der Waals surface area (Å²) in [5, 5.41) is 14.4. The summed E-state index contributed by atoms with van der Waals surface area (Å²) in [5.74, 6) is 0. The van der Waals surface area contributed by atoms with Crippen LogP contribution in [0.2, 0.25) is 0 Å². The Labute approximate surface area is 118 Å². The van der Waals surface area contributed by atoms with Gasteiger partial charge in [0.2, 0.25) is 0 Å². The topological polar surface area (TPSA) is 72.1 Å². The second-order valence-electron chi connectivity index (χ2n) is 4.49. The average molecular weight is 276 g/mol. The molecule has 1 atom stereocenters. The number of aromatic amines is 1. The van der Waals surface area contributed by atoms with Crippen molar-refractivity contribution in [2.24, 2.45) is 0 Å². The van der Waals surface area contributed by atoms with Gasteiger partial charge >= 0.3 is 0 Å². The second kappa shape index (κ2) is 7.14. The first-order valence-electron chi connectivity index (χ1n) is 6.50. The summed E-state index contributed by atoms with van der Waals surface area (Å²) in [6, 6.07) is 10.0. The van der Waals surface area contributed by atoms with Gasteiger partial charge in [0.15, 0.2) is 6.29 Å². The quantitative estimate of drug-likeness (QED) is 0.751. The molecule has 1 unspecified atom stereocenters. The van der Waals surface area contributed by atoms with Gasteiger partial charge in [0.1, 0.15) is 11.4 Å². The van der Waals surface area contributed by atoms with Crippen molar-refractivity contribution in [3.05, 3.63) is 36.0 Å². The van der Waals surface area contributed by atoms with Gasteiger partial charge in [-0.25, -0.2) is 0 Å². The zero-order valence-electron chi connectivity index (χ0n) is 12.0. The SMILES string of the molecule is COC(OC)C(C)NCc1n[nH]nc1-c1ccccc1. The molecule has 0 amide bonds. The van der Waals surface area contributed by atoms with Gasteiger partial charge in [0.25, 0.3) is 0 Å². The number of ether oxygens (including phenoxy) is 2. The Morgan fingerprint density at radius 2 is 1.85 bits per heavy atom. The predicted octanol–water partition coefficient (Wildman–Crippen LogP) is 1.57. The Kier molecular flexibility index (Phi) is 5.23. The van der Waals surface area contributed by atoms with Gasteiger partial charge in [-0.05, 0) is 6.92 Å². The molecule has 1 aromatic carbocycles. The lowest BCUT2D eigenvalue weighted by molar-refractivity contribution is -0.119. The maximum absolute atomic E-state index is 5.22. The number of hydrogen-bond donors (Lipinski definition) is 2. The molecule has 6 nitrogen and oxygen atoms in total. The van der Waals surface area contributed by atoms with Crippen molar-refractivity contribution in [1.29, 1.82) is 0 Å². The Morgan fingerprint density at radius 1 is 1.15 bits per heavy atom. The molecule has 1 heterocycles. The van der Waals surface area contributed by atoms with E-state index in [1.165, 1.54) is 0 Å². The lowest BCUT2D eigenvalue weighted by atomic mass is 10.1. The maximum Gasteiger partial charge on any atom is 0.171 e. The van der Waals surface area contributed by atoms with Crippen molar-refractivity contribution in [2.75, 3.05) is 14.2 Å². The fourth-order valence-electron chi connectivity index (χ4n) is 2.06. The molecule has 6 heteroatoms. The highest BCUT2D eigenvalue weighted by Gasteiger charge is 2.17. The number of hydrogen-bond acceptors (Lipinski definition) is 5. The zero-order chi connectivity index (χ0) is 14.4. The number of nitrogens with zero attached hydrogens (tertiary/aromatic N) is 2.